The summed E-state index contributed by atoms with van der Waals surface area (Å²) < 4.78 is 13.6. The molecule has 3 heteroatoms. The number of anilines is 3. The highest BCUT2D eigenvalue weighted by Gasteiger charge is 2.24. The maximum atomic E-state index is 6.93. The molecule has 0 saturated heterocycles. The monoisotopic (exact) mass is 757 g/mol. The number of hydrogen-bond donors (Lipinski definition) is 0. The first-order valence-corrected chi connectivity index (χ1v) is 20.3. The fraction of sp³-hybridized carbons (Fsp3) is 0.0357. The van der Waals surface area contributed by atoms with Crippen molar-refractivity contribution in [2.75, 3.05) is 4.90 Å². The van der Waals surface area contributed by atoms with Gasteiger partial charge in [0.1, 0.15) is 16.7 Å². The Bertz CT molecular complexity index is 3270. The van der Waals surface area contributed by atoms with Crippen molar-refractivity contribution >= 4 is 60.9 Å². The van der Waals surface area contributed by atoms with Crippen LogP contribution in [0.3, 0.4) is 0 Å². The normalized spacial score (nSPS) is 11.5. The van der Waals surface area contributed by atoms with Crippen molar-refractivity contribution in [1.82, 2.24) is 0 Å². The molecule has 3 nitrogen and oxygen atoms in total. The van der Waals surface area contributed by atoms with Crippen molar-refractivity contribution in [2.45, 2.75) is 12.8 Å². The number of hydrogen-bond acceptors (Lipinski definition) is 3. The van der Waals surface area contributed by atoms with Gasteiger partial charge in [-0.05, 0) is 87.3 Å². The summed E-state index contributed by atoms with van der Waals surface area (Å²) in [5.41, 5.74) is 16.4. The van der Waals surface area contributed by atoms with E-state index in [0.29, 0.717) is 0 Å². The summed E-state index contributed by atoms with van der Waals surface area (Å²) in [7, 11) is 0. The van der Waals surface area contributed by atoms with Gasteiger partial charge in [-0.1, -0.05) is 176 Å². The zero-order valence-electron chi connectivity index (χ0n) is 32.4. The third-order valence-corrected chi connectivity index (χ3v) is 11.6. The van der Waals surface area contributed by atoms with Gasteiger partial charge >= 0.3 is 0 Å². The van der Waals surface area contributed by atoms with E-state index in [1.54, 1.807) is 0 Å². The van der Waals surface area contributed by atoms with E-state index in [4.69, 9.17) is 8.83 Å². The smallest absolute Gasteiger partial charge is 0.159 e. The summed E-state index contributed by atoms with van der Waals surface area (Å²) in [5, 5.41) is 4.33. The highest BCUT2D eigenvalue weighted by molar-refractivity contribution is 6.16. The molecule has 9 aromatic carbocycles. The molecule has 0 unspecified atom stereocenters. The van der Waals surface area contributed by atoms with Crippen LogP contribution in [0.1, 0.15) is 22.3 Å². The molecule has 2 aromatic heterocycles. The van der Waals surface area contributed by atoms with Gasteiger partial charge in [0.05, 0.1) is 16.8 Å². The van der Waals surface area contributed by atoms with Crippen LogP contribution in [0.2, 0.25) is 0 Å². The molecule has 0 bridgehead atoms. The molecule has 280 valence electrons. The Hall–Kier alpha value is -7.62. The van der Waals surface area contributed by atoms with Crippen LogP contribution >= 0.6 is 0 Å². The third-order valence-electron chi connectivity index (χ3n) is 11.6. The van der Waals surface area contributed by atoms with Gasteiger partial charge in [-0.15, -0.1) is 0 Å². The molecule has 0 fully saturated rings. The van der Waals surface area contributed by atoms with Gasteiger partial charge in [0, 0.05) is 28.3 Å². The van der Waals surface area contributed by atoms with Gasteiger partial charge in [0.2, 0.25) is 0 Å². The number of rotatable bonds is 9. The van der Waals surface area contributed by atoms with Gasteiger partial charge in [0.15, 0.2) is 5.58 Å². The Morgan fingerprint density at radius 2 is 0.881 bits per heavy atom. The number of benzene rings is 9. The average Bonchev–Trinajstić information content (AvgIpc) is 3.88. The maximum absolute atomic E-state index is 6.93. The molecule has 11 rings (SSSR count). The van der Waals surface area contributed by atoms with E-state index in [9.17, 15) is 0 Å². The van der Waals surface area contributed by atoms with Gasteiger partial charge < -0.3 is 13.7 Å². The highest BCUT2D eigenvalue weighted by atomic mass is 16.3. The van der Waals surface area contributed by atoms with Crippen LogP contribution < -0.4 is 4.90 Å². The second-order valence-corrected chi connectivity index (χ2v) is 15.2. The summed E-state index contributed by atoms with van der Waals surface area (Å²) in [6, 6.07) is 75.4. The highest BCUT2D eigenvalue weighted by Crippen LogP contribution is 2.47. The van der Waals surface area contributed by atoms with Crippen molar-refractivity contribution in [3.8, 4) is 22.3 Å². The fourth-order valence-corrected chi connectivity index (χ4v) is 8.86. The van der Waals surface area contributed by atoms with Crippen LogP contribution in [0.4, 0.5) is 17.1 Å². The zero-order chi connectivity index (χ0) is 39.1. The quantitative estimate of drug-likeness (QED) is 0.147. The topological polar surface area (TPSA) is 29.5 Å². The molecule has 11 aromatic rings. The molecule has 0 aliphatic carbocycles. The minimum Gasteiger partial charge on any atom is -0.456 e. The first-order valence-electron chi connectivity index (χ1n) is 20.3. The largest absolute Gasteiger partial charge is 0.456 e. The number of furan rings is 2. The summed E-state index contributed by atoms with van der Waals surface area (Å²) in [4.78, 5) is 2.34. The molecule has 0 amide bonds. The molecule has 2 heterocycles. The first-order chi connectivity index (χ1) is 29.3. The fourth-order valence-electron chi connectivity index (χ4n) is 8.86. The van der Waals surface area contributed by atoms with Crippen molar-refractivity contribution in [1.29, 1.82) is 0 Å². The van der Waals surface area contributed by atoms with Gasteiger partial charge in [0.25, 0.3) is 0 Å². The Morgan fingerprint density at radius 3 is 1.68 bits per heavy atom. The maximum Gasteiger partial charge on any atom is 0.159 e. The average molecular weight is 758 g/mol. The molecule has 0 atom stereocenters. The van der Waals surface area contributed by atoms with Gasteiger partial charge in [-0.25, -0.2) is 0 Å². The first kappa shape index (κ1) is 34.6. The molecule has 0 N–H and O–H groups in total. The lowest BCUT2D eigenvalue weighted by Gasteiger charge is -2.26. The van der Waals surface area contributed by atoms with E-state index in [1.165, 1.54) is 33.4 Å². The molecule has 0 aliphatic heterocycles. The van der Waals surface area contributed by atoms with E-state index in [1.807, 2.05) is 12.1 Å². The number of fused-ring (bicyclic) bond motifs is 6. The minimum absolute atomic E-state index is 0.727. The number of nitrogens with zero attached hydrogens (tertiary/aromatic N) is 1. The standard InChI is InChI=1S/C56H39NO2/c1-3-16-38(17-4-1)36-41-20-7-9-23-45(41)46-24-10-8-21-42(46)37-43-22-13-27-49-54-50(28-15-31-53(54)59-55(43)49)57(44-34-32-40(33-35-44)39-18-5-2-6-19-39)51-29-14-26-48-47-25-11-12-30-52(47)58-56(48)51/h1-35H,36-37H2. The molecule has 0 aliphatic rings. The molecule has 0 spiro atoms. The predicted molar refractivity (Wildman–Crippen MR) is 245 cm³/mol. The lowest BCUT2D eigenvalue weighted by atomic mass is 9.90. The van der Waals surface area contributed by atoms with Crippen LogP contribution in [0.25, 0.3) is 66.1 Å². The van der Waals surface area contributed by atoms with E-state index < -0.39 is 0 Å². The molecule has 0 radical (unpaired) electrons. The van der Waals surface area contributed by atoms with Crippen molar-refractivity contribution in [2.24, 2.45) is 0 Å². The van der Waals surface area contributed by atoms with E-state index in [0.717, 1.165) is 84.9 Å². The van der Waals surface area contributed by atoms with Crippen LogP contribution in [0.15, 0.2) is 221 Å². The Balaban J connectivity index is 1.06. The van der Waals surface area contributed by atoms with E-state index in [2.05, 4.69) is 205 Å². The lowest BCUT2D eigenvalue weighted by molar-refractivity contribution is 0.664. The zero-order valence-corrected chi connectivity index (χ0v) is 32.4. The summed E-state index contributed by atoms with van der Waals surface area (Å²) in [6.45, 7) is 0. The van der Waals surface area contributed by atoms with Crippen LogP contribution in [-0.4, -0.2) is 0 Å². The van der Waals surface area contributed by atoms with Crippen LogP contribution in [0, 0.1) is 0 Å². The minimum atomic E-state index is 0.727. The molecule has 59 heavy (non-hydrogen) atoms. The van der Waals surface area contributed by atoms with Crippen molar-refractivity contribution < 1.29 is 8.83 Å². The van der Waals surface area contributed by atoms with E-state index >= 15 is 0 Å². The van der Waals surface area contributed by atoms with Crippen molar-refractivity contribution in [3.05, 3.63) is 235 Å². The Kier molecular flexibility index (Phi) is 8.63. The molecule has 0 saturated carbocycles. The van der Waals surface area contributed by atoms with E-state index in [-0.39, 0.29) is 0 Å². The summed E-state index contributed by atoms with van der Waals surface area (Å²) >= 11 is 0. The van der Waals surface area contributed by atoms with Gasteiger partial charge in [-0.2, -0.15) is 0 Å². The van der Waals surface area contributed by atoms with Gasteiger partial charge in [-0.3, -0.25) is 0 Å². The van der Waals surface area contributed by atoms with Crippen LogP contribution in [0.5, 0.6) is 0 Å². The second-order valence-electron chi connectivity index (χ2n) is 15.2. The van der Waals surface area contributed by atoms with Crippen molar-refractivity contribution in [3.63, 3.8) is 0 Å². The Morgan fingerprint density at radius 1 is 0.339 bits per heavy atom. The lowest BCUT2D eigenvalue weighted by Crippen LogP contribution is -2.10. The number of para-hydroxylation sites is 3. The SMILES string of the molecule is c1ccc(Cc2ccccc2-c2ccccc2Cc2cccc3c2oc2cccc(N(c4ccc(-c5ccccc5)cc4)c4cccc5c4oc4ccccc45)c23)cc1. The molecular weight excluding hydrogens is 719 g/mol. The second kappa shape index (κ2) is 14.7. The van der Waals surface area contributed by atoms with Crippen LogP contribution in [-0.2, 0) is 12.8 Å². The summed E-state index contributed by atoms with van der Waals surface area (Å²) in [5.74, 6) is 0. The Labute approximate surface area is 343 Å². The molecular formula is C56H39NO2. The predicted octanol–water partition coefficient (Wildman–Crippen LogP) is 15.5. The summed E-state index contributed by atoms with van der Waals surface area (Å²) in [6.07, 6.45) is 1.60. The third kappa shape index (κ3) is 6.25.